The van der Waals surface area contributed by atoms with Gasteiger partial charge in [0.15, 0.2) is 0 Å². The van der Waals surface area contributed by atoms with Gasteiger partial charge in [-0.2, -0.15) is 0 Å². The fraction of sp³-hybridized carbons (Fsp3) is 0.588. The molecular formula is C17H24ClNO2. The van der Waals surface area contributed by atoms with Crippen molar-refractivity contribution in [3.8, 4) is 5.75 Å². The molecule has 0 N–H and O–H groups in total. The third-order valence-corrected chi connectivity index (χ3v) is 4.18. The zero-order valence-corrected chi connectivity index (χ0v) is 13.4. The second-order valence-corrected chi connectivity index (χ2v) is 5.99. The second-order valence-electron chi connectivity index (χ2n) is 5.61. The van der Waals surface area contributed by atoms with Crippen molar-refractivity contribution in [2.75, 3.05) is 25.6 Å². The molecule has 21 heavy (non-hydrogen) atoms. The normalized spacial score (nSPS) is 18.0. The summed E-state index contributed by atoms with van der Waals surface area (Å²) in [6.07, 6.45) is 4.23. The lowest BCUT2D eigenvalue weighted by Crippen LogP contribution is -2.28. The van der Waals surface area contributed by atoms with Crippen molar-refractivity contribution in [3.63, 3.8) is 0 Å². The molecule has 1 aliphatic heterocycles. The summed E-state index contributed by atoms with van der Waals surface area (Å²) in [4.78, 5) is 14.4. The first-order chi connectivity index (χ1) is 10.2. The van der Waals surface area contributed by atoms with E-state index in [1.807, 2.05) is 29.2 Å². The maximum Gasteiger partial charge on any atom is 0.253 e. The third-order valence-electron chi connectivity index (χ3n) is 3.96. The summed E-state index contributed by atoms with van der Waals surface area (Å²) in [5.74, 6) is 2.19. The molecule has 0 spiro atoms. The van der Waals surface area contributed by atoms with Crippen LogP contribution in [0, 0.1) is 5.92 Å². The molecule has 1 saturated heterocycles. The van der Waals surface area contributed by atoms with E-state index in [0.29, 0.717) is 11.8 Å². The van der Waals surface area contributed by atoms with Crippen LogP contribution < -0.4 is 4.74 Å². The molecule has 4 heteroatoms. The molecule has 1 aliphatic rings. The number of halogens is 1. The van der Waals surface area contributed by atoms with Gasteiger partial charge in [-0.05, 0) is 49.4 Å². The van der Waals surface area contributed by atoms with Gasteiger partial charge in [-0.3, -0.25) is 4.79 Å². The minimum atomic E-state index is 0.118. The molecule has 0 saturated carbocycles. The lowest BCUT2D eigenvalue weighted by Gasteiger charge is -2.16. The summed E-state index contributed by atoms with van der Waals surface area (Å²) in [7, 11) is 0. The van der Waals surface area contributed by atoms with Crippen molar-refractivity contribution < 1.29 is 9.53 Å². The average molecular weight is 310 g/mol. The first-order valence-corrected chi connectivity index (χ1v) is 8.36. The number of rotatable bonds is 7. The van der Waals surface area contributed by atoms with E-state index in [9.17, 15) is 4.79 Å². The van der Waals surface area contributed by atoms with Crippen molar-refractivity contribution in [2.24, 2.45) is 5.92 Å². The van der Waals surface area contributed by atoms with Crippen LogP contribution >= 0.6 is 11.6 Å². The zero-order chi connectivity index (χ0) is 15.1. The van der Waals surface area contributed by atoms with Crippen LogP contribution in [0.15, 0.2) is 24.3 Å². The van der Waals surface area contributed by atoms with E-state index in [4.69, 9.17) is 16.3 Å². The van der Waals surface area contributed by atoms with Crippen molar-refractivity contribution >= 4 is 17.5 Å². The highest BCUT2D eigenvalue weighted by Gasteiger charge is 2.26. The Morgan fingerprint density at radius 1 is 1.38 bits per heavy atom. The number of ether oxygens (including phenoxy) is 1. The van der Waals surface area contributed by atoms with E-state index in [1.54, 1.807) is 0 Å². The summed E-state index contributed by atoms with van der Waals surface area (Å²) < 4.78 is 5.62. The monoisotopic (exact) mass is 309 g/mol. The van der Waals surface area contributed by atoms with Crippen molar-refractivity contribution in [1.29, 1.82) is 0 Å². The number of nitrogens with zero attached hydrogens (tertiary/aromatic N) is 1. The molecule has 2 rings (SSSR count). The Labute approximate surface area is 132 Å². The molecule has 0 bridgehead atoms. The number of benzene rings is 1. The molecule has 1 unspecified atom stereocenters. The van der Waals surface area contributed by atoms with Crippen LogP contribution in [0.25, 0.3) is 0 Å². The van der Waals surface area contributed by atoms with Gasteiger partial charge < -0.3 is 9.64 Å². The third kappa shape index (κ3) is 4.63. The van der Waals surface area contributed by atoms with Gasteiger partial charge in [-0.15, -0.1) is 11.6 Å². The van der Waals surface area contributed by atoms with Gasteiger partial charge in [0.25, 0.3) is 5.91 Å². The highest BCUT2D eigenvalue weighted by atomic mass is 35.5. The molecule has 1 aromatic rings. The molecule has 1 atom stereocenters. The highest BCUT2D eigenvalue weighted by Crippen LogP contribution is 2.22. The number of amides is 1. The van der Waals surface area contributed by atoms with Crippen LogP contribution in [0.3, 0.4) is 0 Å². The van der Waals surface area contributed by atoms with Gasteiger partial charge in [-0.25, -0.2) is 0 Å². The number of unbranched alkanes of at least 4 members (excludes halogenated alkanes) is 1. The molecule has 1 amide bonds. The van der Waals surface area contributed by atoms with Gasteiger partial charge >= 0.3 is 0 Å². The Kier molecular flexibility index (Phi) is 6.37. The van der Waals surface area contributed by atoms with Gasteiger partial charge in [0.05, 0.1) is 6.61 Å². The van der Waals surface area contributed by atoms with Gasteiger partial charge in [0.2, 0.25) is 0 Å². The number of hydrogen-bond donors (Lipinski definition) is 0. The lowest BCUT2D eigenvalue weighted by molar-refractivity contribution is 0.0787. The van der Waals surface area contributed by atoms with Gasteiger partial charge in [0.1, 0.15) is 5.75 Å². The smallest absolute Gasteiger partial charge is 0.253 e. The number of likely N-dealkylation sites (tertiary alicyclic amines) is 1. The van der Waals surface area contributed by atoms with E-state index in [-0.39, 0.29) is 5.91 Å². The van der Waals surface area contributed by atoms with E-state index in [0.717, 1.165) is 56.7 Å². The van der Waals surface area contributed by atoms with Crippen LogP contribution in [0.4, 0.5) is 0 Å². The molecule has 1 aromatic carbocycles. The van der Waals surface area contributed by atoms with Crippen molar-refractivity contribution in [2.45, 2.75) is 32.6 Å². The van der Waals surface area contributed by atoms with Crippen molar-refractivity contribution in [3.05, 3.63) is 29.8 Å². The predicted molar refractivity (Wildman–Crippen MR) is 86.2 cm³/mol. The number of carbonyl (C=O) groups is 1. The van der Waals surface area contributed by atoms with Crippen LogP contribution in [-0.4, -0.2) is 36.4 Å². The Morgan fingerprint density at radius 2 is 2.14 bits per heavy atom. The standard InChI is InChI=1S/C17H24ClNO2/c1-2-3-12-21-16-6-4-15(5-7-16)17(20)19-11-9-14(13-19)8-10-18/h4-7,14H,2-3,8-13H2,1H3. The van der Waals surface area contributed by atoms with E-state index >= 15 is 0 Å². The molecule has 0 radical (unpaired) electrons. The summed E-state index contributed by atoms with van der Waals surface area (Å²) in [5.41, 5.74) is 0.740. The Balaban J connectivity index is 1.88. The number of alkyl halides is 1. The van der Waals surface area contributed by atoms with E-state index in [1.165, 1.54) is 0 Å². The maximum atomic E-state index is 12.4. The quantitative estimate of drug-likeness (QED) is 0.563. The molecule has 0 aliphatic carbocycles. The molecule has 1 heterocycles. The Morgan fingerprint density at radius 3 is 2.81 bits per heavy atom. The van der Waals surface area contributed by atoms with Gasteiger partial charge in [0, 0.05) is 24.5 Å². The van der Waals surface area contributed by atoms with E-state index < -0.39 is 0 Å². The molecule has 3 nitrogen and oxygen atoms in total. The number of hydrogen-bond acceptors (Lipinski definition) is 2. The largest absolute Gasteiger partial charge is 0.494 e. The molecule has 0 aromatic heterocycles. The van der Waals surface area contributed by atoms with Crippen LogP contribution in [-0.2, 0) is 0 Å². The van der Waals surface area contributed by atoms with Crippen LogP contribution in [0.5, 0.6) is 5.75 Å². The lowest BCUT2D eigenvalue weighted by atomic mass is 10.1. The summed E-state index contributed by atoms with van der Waals surface area (Å²) >= 11 is 5.78. The van der Waals surface area contributed by atoms with Gasteiger partial charge in [-0.1, -0.05) is 13.3 Å². The number of carbonyl (C=O) groups excluding carboxylic acids is 1. The maximum absolute atomic E-state index is 12.4. The second kappa shape index (κ2) is 8.28. The molecule has 1 fully saturated rings. The summed E-state index contributed by atoms with van der Waals surface area (Å²) in [6, 6.07) is 7.49. The van der Waals surface area contributed by atoms with Crippen LogP contribution in [0.1, 0.15) is 43.0 Å². The highest BCUT2D eigenvalue weighted by molar-refractivity contribution is 6.17. The minimum Gasteiger partial charge on any atom is -0.494 e. The molecule has 116 valence electrons. The first-order valence-electron chi connectivity index (χ1n) is 7.82. The average Bonchev–Trinajstić information content (AvgIpc) is 2.97. The van der Waals surface area contributed by atoms with Crippen molar-refractivity contribution in [1.82, 2.24) is 4.90 Å². The minimum absolute atomic E-state index is 0.118. The van der Waals surface area contributed by atoms with Crippen LogP contribution in [0.2, 0.25) is 0 Å². The molecular weight excluding hydrogens is 286 g/mol. The van der Waals surface area contributed by atoms with E-state index in [2.05, 4.69) is 6.92 Å². The predicted octanol–water partition coefficient (Wildman–Crippen LogP) is 3.96. The summed E-state index contributed by atoms with van der Waals surface area (Å²) in [5, 5.41) is 0. The first kappa shape index (κ1) is 16.2. The Hall–Kier alpha value is -1.22. The SMILES string of the molecule is CCCCOc1ccc(C(=O)N2CCC(CCCl)C2)cc1. The fourth-order valence-electron chi connectivity index (χ4n) is 2.62. The zero-order valence-electron chi connectivity index (χ0n) is 12.7. The summed E-state index contributed by atoms with van der Waals surface area (Å²) in [6.45, 7) is 4.55. The topological polar surface area (TPSA) is 29.5 Å². The fourth-order valence-corrected chi connectivity index (χ4v) is 2.93. The Bertz CT molecular complexity index is 447.